The Balaban J connectivity index is 2.05. The smallest absolute Gasteiger partial charge is 0.213 e. The third-order valence-electron chi connectivity index (χ3n) is 2.32. The Kier molecular flexibility index (Phi) is 4.12. The Labute approximate surface area is 109 Å². The lowest BCUT2D eigenvalue weighted by Gasteiger charge is -2.07. The lowest BCUT2D eigenvalue weighted by atomic mass is 10.2. The normalized spacial score (nSPS) is 10.2. The number of nitrogens with two attached hydrogens (primary N) is 1. The molecule has 0 radical (unpaired) electrons. The van der Waals surface area contributed by atoms with Crippen molar-refractivity contribution in [1.82, 2.24) is 4.98 Å². The van der Waals surface area contributed by atoms with E-state index in [2.05, 4.69) is 20.9 Å². The van der Waals surface area contributed by atoms with Gasteiger partial charge in [0.25, 0.3) is 0 Å². The van der Waals surface area contributed by atoms with E-state index in [-0.39, 0.29) is 0 Å². The number of rotatable bonds is 4. The molecule has 1 heterocycles. The van der Waals surface area contributed by atoms with Gasteiger partial charge in [0.15, 0.2) is 0 Å². The van der Waals surface area contributed by atoms with E-state index in [0.717, 1.165) is 15.7 Å². The molecule has 0 saturated heterocycles. The van der Waals surface area contributed by atoms with Crippen LogP contribution in [0.5, 0.6) is 5.88 Å². The Morgan fingerprint density at radius 2 is 1.94 bits per heavy atom. The standard InChI is InChI=1S/C13H13BrN2O/c14-12-6-2-1-4-10(12)9-17-13-7-3-5-11(8-15)16-13/h1-7H,8-9,15H2. The molecule has 0 aliphatic carbocycles. The second-order valence-corrected chi connectivity index (χ2v) is 4.41. The number of benzene rings is 1. The lowest BCUT2D eigenvalue weighted by Crippen LogP contribution is -2.02. The maximum absolute atomic E-state index is 5.62. The highest BCUT2D eigenvalue weighted by Crippen LogP contribution is 2.18. The first-order valence-electron chi connectivity index (χ1n) is 5.32. The monoisotopic (exact) mass is 292 g/mol. The van der Waals surface area contributed by atoms with E-state index in [4.69, 9.17) is 10.5 Å². The van der Waals surface area contributed by atoms with Crippen LogP contribution in [-0.4, -0.2) is 4.98 Å². The van der Waals surface area contributed by atoms with E-state index >= 15 is 0 Å². The molecule has 2 rings (SSSR count). The first-order valence-corrected chi connectivity index (χ1v) is 6.11. The van der Waals surface area contributed by atoms with E-state index < -0.39 is 0 Å². The van der Waals surface area contributed by atoms with Gasteiger partial charge in [0.1, 0.15) is 6.61 Å². The van der Waals surface area contributed by atoms with Gasteiger partial charge in [-0.1, -0.05) is 40.2 Å². The first kappa shape index (κ1) is 12.1. The van der Waals surface area contributed by atoms with Crippen LogP contribution < -0.4 is 10.5 Å². The maximum Gasteiger partial charge on any atom is 0.213 e. The minimum absolute atomic E-state index is 0.423. The predicted octanol–water partition coefficient (Wildman–Crippen LogP) is 2.88. The van der Waals surface area contributed by atoms with Gasteiger partial charge < -0.3 is 10.5 Å². The highest BCUT2D eigenvalue weighted by atomic mass is 79.9. The van der Waals surface area contributed by atoms with Crippen LogP contribution in [0.25, 0.3) is 0 Å². The van der Waals surface area contributed by atoms with E-state index in [1.807, 2.05) is 42.5 Å². The Bertz CT molecular complexity index is 502. The molecule has 0 aliphatic rings. The third kappa shape index (κ3) is 3.28. The minimum atomic E-state index is 0.423. The molecule has 4 heteroatoms. The summed E-state index contributed by atoms with van der Waals surface area (Å²) in [6.07, 6.45) is 0. The summed E-state index contributed by atoms with van der Waals surface area (Å²) in [5.74, 6) is 0.601. The zero-order valence-corrected chi connectivity index (χ0v) is 10.9. The largest absolute Gasteiger partial charge is 0.473 e. The molecule has 0 bridgehead atoms. The van der Waals surface area contributed by atoms with Gasteiger partial charge in [-0.3, -0.25) is 0 Å². The molecular formula is C13H13BrN2O. The second-order valence-electron chi connectivity index (χ2n) is 3.55. The summed E-state index contributed by atoms with van der Waals surface area (Å²) in [6, 6.07) is 13.6. The van der Waals surface area contributed by atoms with Gasteiger partial charge in [-0.25, -0.2) is 4.98 Å². The number of halogens is 1. The zero-order chi connectivity index (χ0) is 12.1. The fourth-order valence-electron chi connectivity index (χ4n) is 1.42. The maximum atomic E-state index is 5.62. The Hall–Kier alpha value is -1.39. The summed E-state index contributed by atoms with van der Waals surface area (Å²) in [4.78, 5) is 4.27. The molecular weight excluding hydrogens is 280 g/mol. The van der Waals surface area contributed by atoms with Crippen LogP contribution in [0.15, 0.2) is 46.9 Å². The third-order valence-corrected chi connectivity index (χ3v) is 3.10. The van der Waals surface area contributed by atoms with E-state index in [1.165, 1.54) is 0 Å². The Morgan fingerprint density at radius 1 is 1.12 bits per heavy atom. The van der Waals surface area contributed by atoms with Crippen molar-refractivity contribution in [2.45, 2.75) is 13.2 Å². The summed E-state index contributed by atoms with van der Waals surface area (Å²) in [6.45, 7) is 0.911. The fourth-order valence-corrected chi connectivity index (χ4v) is 1.82. The van der Waals surface area contributed by atoms with Crippen molar-refractivity contribution in [2.24, 2.45) is 5.73 Å². The summed E-state index contributed by atoms with van der Waals surface area (Å²) in [5, 5.41) is 0. The molecule has 0 fully saturated rings. The molecule has 0 saturated carbocycles. The molecule has 0 atom stereocenters. The molecule has 0 aliphatic heterocycles. The topological polar surface area (TPSA) is 48.1 Å². The van der Waals surface area contributed by atoms with Crippen molar-refractivity contribution in [3.63, 3.8) is 0 Å². The van der Waals surface area contributed by atoms with Crippen LogP contribution in [0, 0.1) is 0 Å². The van der Waals surface area contributed by atoms with Crippen LogP contribution >= 0.6 is 15.9 Å². The zero-order valence-electron chi connectivity index (χ0n) is 9.27. The minimum Gasteiger partial charge on any atom is -0.473 e. The fraction of sp³-hybridized carbons (Fsp3) is 0.154. The SMILES string of the molecule is NCc1cccc(OCc2ccccc2Br)n1. The highest BCUT2D eigenvalue weighted by molar-refractivity contribution is 9.10. The number of nitrogens with zero attached hydrogens (tertiary/aromatic N) is 1. The molecule has 3 nitrogen and oxygen atoms in total. The summed E-state index contributed by atoms with van der Waals surface area (Å²) in [7, 11) is 0. The van der Waals surface area contributed by atoms with Crippen LogP contribution in [-0.2, 0) is 13.2 Å². The van der Waals surface area contributed by atoms with Crippen LogP contribution in [0.1, 0.15) is 11.3 Å². The van der Waals surface area contributed by atoms with E-state index in [0.29, 0.717) is 19.0 Å². The van der Waals surface area contributed by atoms with Crippen molar-refractivity contribution in [3.8, 4) is 5.88 Å². The van der Waals surface area contributed by atoms with Crippen molar-refractivity contribution in [2.75, 3.05) is 0 Å². The molecule has 1 aromatic heterocycles. The quantitative estimate of drug-likeness (QED) is 0.943. The van der Waals surface area contributed by atoms with Crippen LogP contribution in [0.2, 0.25) is 0 Å². The van der Waals surface area contributed by atoms with Gasteiger partial charge in [-0.2, -0.15) is 0 Å². The van der Waals surface area contributed by atoms with Crippen molar-refractivity contribution in [3.05, 3.63) is 58.2 Å². The molecule has 2 N–H and O–H groups in total. The van der Waals surface area contributed by atoms with Crippen molar-refractivity contribution >= 4 is 15.9 Å². The molecule has 0 amide bonds. The Morgan fingerprint density at radius 3 is 2.71 bits per heavy atom. The first-order chi connectivity index (χ1) is 8.29. The molecule has 2 aromatic rings. The van der Waals surface area contributed by atoms with Gasteiger partial charge in [-0.15, -0.1) is 0 Å². The van der Waals surface area contributed by atoms with Crippen molar-refractivity contribution < 1.29 is 4.74 Å². The molecule has 17 heavy (non-hydrogen) atoms. The predicted molar refractivity (Wildman–Crippen MR) is 70.6 cm³/mol. The van der Waals surface area contributed by atoms with Gasteiger partial charge in [-0.05, 0) is 12.1 Å². The molecule has 1 aromatic carbocycles. The highest BCUT2D eigenvalue weighted by Gasteiger charge is 2.01. The van der Waals surface area contributed by atoms with E-state index in [1.54, 1.807) is 0 Å². The molecule has 0 unspecified atom stereocenters. The van der Waals surface area contributed by atoms with Gasteiger partial charge in [0.2, 0.25) is 5.88 Å². The molecule has 0 spiro atoms. The lowest BCUT2D eigenvalue weighted by molar-refractivity contribution is 0.292. The summed E-state index contributed by atoms with van der Waals surface area (Å²) >= 11 is 3.48. The average Bonchev–Trinajstić information content (AvgIpc) is 2.38. The van der Waals surface area contributed by atoms with Gasteiger partial charge in [0.05, 0.1) is 5.69 Å². The van der Waals surface area contributed by atoms with Gasteiger partial charge in [0, 0.05) is 22.6 Å². The number of aromatic nitrogens is 1. The molecule has 88 valence electrons. The number of hydrogen-bond acceptors (Lipinski definition) is 3. The van der Waals surface area contributed by atoms with E-state index in [9.17, 15) is 0 Å². The summed E-state index contributed by atoms with van der Waals surface area (Å²) in [5.41, 5.74) is 7.44. The van der Waals surface area contributed by atoms with Crippen molar-refractivity contribution in [1.29, 1.82) is 0 Å². The van der Waals surface area contributed by atoms with Crippen LogP contribution in [0.3, 0.4) is 0 Å². The second kappa shape index (κ2) is 5.80. The number of hydrogen-bond donors (Lipinski definition) is 1. The average molecular weight is 293 g/mol. The van der Waals surface area contributed by atoms with Gasteiger partial charge >= 0.3 is 0 Å². The summed E-state index contributed by atoms with van der Waals surface area (Å²) < 4.78 is 6.66. The van der Waals surface area contributed by atoms with Crippen LogP contribution in [0.4, 0.5) is 0 Å². The number of ether oxygens (including phenoxy) is 1. The number of pyridine rings is 1.